The Bertz CT molecular complexity index is 1280. The normalized spacial score (nSPS) is 14.8. The molecule has 1 saturated heterocycles. The van der Waals surface area contributed by atoms with E-state index in [1.165, 1.54) is 34.8 Å². The van der Waals surface area contributed by atoms with Gasteiger partial charge in [0.1, 0.15) is 12.3 Å². The summed E-state index contributed by atoms with van der Waals surface area (Å²) in [7, 11) is -3.68. The van der Waals surface area contributed by atoms with Crippen molar-refractivity contribution >= 4 is 32.5 Å². The molecule has 0 spiro atoms. The number of anilines is 1. The van der Waals surface area contributed by atoms with Crippen LogP contribution in [0.1, 0.15) is 12.8 Å². The van der Waals surface area contributed by atoms with E-state index in [2.05, 4.69) is 5.32 Å². The highest BCUT2D eigenvalue weighted by Crippen LogP contribution is 2.29. The highest BCUT2D eigenvalue weighted by Gasteiger charge is 2.28. The Labute approximate surface area is 173 Å². The van der Waals surface area contributed by atoms with Gasteiger partial charge in [-0.3, -0.25) is 9.59 Å². The van der Waals surface area contributed by atoms with E-state index < -0.39 is 15.9 Å². The van der Waals surface area contributed by atoms with Crippen LogP contribution in [0.3, 0.4) is 0 Å². The number of carbonyl (C=O) groups is 1. The van der Waals surface area contributed by atoms with E-state index in [-0.39, 0.29) is 28.3 Å². The maximum absolute atomic E-state index is 12.8. The number of benzene rings is 2. The van der Waals surface area contributed by atoms with Crippen molar-refractivity contribution in [2.45, 2.75) is 24.3 Å². The Kier molecular flexibility index (Phi) is 5.31. The van der Waals surface area contributed by atoms with Gasteiger partial charge in [0.2, 0.25) is 15.9 Å². The number of aromatic nitrogens is 1. The van der Waals surface area contributed by atoms with Gasteiger partial charge in [-0.1, -0.05) is 12.1 Å². The van der Waals surface area contributed by atoms with Crippen LogP contribution in [0.25, 0.3) is 10.9 Å². The van der Waals surface area contributed by atoms with E-state index in [1.54, 1.807) is 28.8 Å². The van der Waals surface area contributed by atoms with Gasteiger partial charge in [0, 0.05) is 30.7 Å². The van der Waals surface area contributed by atoms with Gasteiger partial charge < -0.3 is 15.0 Å². The zero-order chi connectivity index (χ0) is 21.3. The van der Waals surface area contributed by atoms with Gasteiger partial charge in [-0.15, -0.1) is 0 Å². The molecule has 8 nitrogen and oxygen atoms in total. The molecule has 9 heteroatoms. The van der Waals surface area contributed by atoms with E-state index in [0.29, 0.717) is 24.0 Å². The lowest BCUT2D eigenvalue weighted by Crippen LogP contribution is -2.28. The molecule has 30 heavy (non-hydrogen) atoms. The second kappa shape index (κ2) is 7.92. The lowest BCUT2D eigenvalue weighted by molar-refractivity contribution is -0.116. The van der Waals surface area contributed by atoms with Gasteiger partial charge in [-0.25, -0.2) is 8.42 Å². The summed E-state index contributed by atoms with van der Waals surface area (Å²) in [5.74, 6) is -0.691. The average molecular weight is 427 g/mol. The van der Waals surface area contributed by atoms with E-state index in [1.807, 2.05) is 0 Å². The molecule has 156 valence electrons. The number of nitrogens with one attached hydrogen (secondary N) is 1. The molecule has 0 atom stereocenters. The molecule has 0 saturated carbocycles. The number of pyridine rings is 1. The van der Waals surface area contributed by atoms with Gasteiger partial charge in [0.25, 0.3) is 0 Å². The molecule has 4 rings (SSSR count). The zero-order valence-corrected chi connectivity index (χ0v) is 16.9. The van der Waals surface area contributed by atoms with Crippen LogP contribution in [0.4, 0.5) is 5.69 Å². The summed E-state index contributed by atoms with van der Waals surface area (Å²) in [6.07, 6.45) is 3.15. The maximum Gasteiger partial charge on any atom is 0.244 e. The van der Waals surface area contributed by atoms with Crippen LogP contribution < -0.4 is 10.7 Å². The molecule has 0 aliphatic carbocycles. The predicted octanol–water partition coefficient (Wildman–Crippen LogP) is 2.13. The maximum atomic E-state index is 12.8. The second-order valence-electron chi connectivity index (χ2n) is 7.16. The number of para-hydroxylation sites is 1. The van der Waals surface area contributed by atoms with Gasteiger partial charge >= 0.3 is 0 Å². The Balaban J connectivity index is 1.58. The van der Waals surface area contributed by atoms with Crippen LogP contribution in [0, 0.1) is 0 Å². The Morgan fingerprint density at radius 3 is 2.57 bits per heavy atom. The first kappa shape index (κ1) is 20.1. The van der Waals surface area contributed by atoms with Crippen LogP contribution in [0.5, 0.6) is 5.75 Å². The number of sulfonamides is 1. The molecule has 2 heterocycles. The van der Waals surface area contributed by atoms with Crippen LogP contribution in [0.15, 0.2) is 64.4 Å². The minimum atomic E-state index is -3.68. The summed E-state index contributed by atoms with van der Waals surface area (Å²) >= 11 is 0. The standard InChI is InChI=1S/C21H21N3O5S/c25-19-9-12-23(18-6-2-1-5-16(18)19)14-21(27)22-17-13-15(7-8-20(17)26)30(28,29)24-10-3-4-11-24/h1-2,5-9,12-13,26H,3-4,10-11,14H2,(H,22,27). The number of aromatic hydroxyl groups is 1. The molecular weight excluding hydrogens is 406 g/mol. The summed E-state index contributed by atoms with van der Waals surface area (Å²) in [5.41, 5.74) is 0.486. The zero-order valence-electron chi connectivity index (χ0n) is 16.1. The van der Waals surface area contributed by atoms with Crippen LogP contribution in [0.2, 0.25) is 0 Å². The molecular formula is C21H21N3O5S. The fourth-order valence-electron chi connectivity index (χ4n) is 3.60. The van der Waals surface area contributed by atoms with Crippen molar-refractivity contribution in [2.24, 2.45) is 0 Å². The summed E-state index contributed by atoms with van der Waals surface area (Å²) in [6, 6.07) is 12.2. The fourth-order valence-corrected chi connectivity index (χ4v) is 5.14. The number of fused-ring (bicyclic) bond motifs is 1. The third-order valence-electron chi connectivity index (χ3n) is 5.14. The highest BCUT2D eigenvalue weighted by molar-refractivity contribution is 7.89. The molecule has 0 bridgehead atoms. The number of rotatable bonds is 5. The molecule has 1 aliphatic rings. The van der Waals surface area contributed by atoms with Crippen molar-refractivity contribution in [2.75, 3.05) is 18.4 Å². The molecule has 3 aromatic rings. The molecule has 1 aliphatic heterocycles. The Hall–Kier alpha value is -3.17. The molecule has 2 N–H and O–H groups in total. The number of phenolic OH excluding ortho intramolecular Hbond substituents is 1. The first-order valence-electron chi connectivity index (χ1n) is 9.57. The van der Waals surface area contributed by atoms with Crippen molar-refractivity contribution in [3.8, 4) is 5.75 Å². The van der Waals surface area contributed by atoms with Gasteiger partial charge in [-0.05, 0) is 43.2 Å². The smallest absolute Gasteiger partial charge is 0.244 e. The predicted molar refractivity (Wildman–Crippen MR) is 113 cm³/mol. The number of nitrogens with zero attached hydrogens (tertiary/aromatic N) is 2. The van der Waals surface area contributed by atoms with Gasteiger partial charge in [0.05, 0.1) is 16.1 Å². The molecule has 0 radical (unpaired) electrons. The largest absolute Gasteiger partial charge is 0.506 e. The van der Waals surface area contributed by atoms with Crippen molar-refractivity contribution in [1.82, 2.24) is 8.87 Å². The molecule has 1 fully saturated rings. The SMILES string of the molecule is O=C(Cn1ccc(=O)c2ccccc21)Nc1cc(S(=O)(=O)N2CCCC2)ccc1O. The number of amides is 1. The molecule has 0 unspecified atom stereocenters. The summed E-state index contributed by atoms with van der Waals surface area (Å²) in [5, 5.41) is 13.2. The lowest BCUT2D eigenvalue weighted by atomic mass is 10.2. The lowest BCUT2D eigenvalue weighted by Gasteiger charge is -2.17. The number of carbonyl (C=O) groups excluding carboxylic acids is 1. The number of hydrogen-bond donors (Lipinski definition) is 2. The third kappa shape index (κ3) is 3.81. The third-order valence-corrected chi connectivity index (χ3v) is 7.04. The van der Waals surface area contributed by atoms with E-state index in [9.17, 15) is 23.1 Å². The van der Waals surface area contributed by atoms with Crippen LogP contribution >= 0.6 is 0 Å². The minimum absolute atomic E-state index is 0.0191. The molecule has 1 aromatic heterocycles. The number of phenols is 1. The average Bonchev–Trinajstić information content (AvgIpc) is 3.28. The number of hydrogen-bond acceptors (Lipinski definition) is 5. The monoisotopic (exact) mass is 427 g/mol. The van der Waals surface area contributed by atoms with E-state index in [4.69, 9.17) is 0 Å². The molecule has 1 amide bonds. The van der Waals surface area contributed by atoms with Gasteiger partial charge in [0.15, 0.2) is 5.43 Å². The first-order chi connectivity index (χ1) is 14.4. The first-order valence-corrected chi connectivity index (χ1v) is 11.0. The highest BCUT2D eigenvalue weighted by atomic mass is 32.2. The summed E-state index contributed by atoms with van der Waals surface area (Å²) < 4.78 is 28.5. The van der Waals surface area contributed by atoms with E-state index in [0.717, 1.165) is 12.8 Å². The second-order valence-corrected chi connectivity index (χ2v) is 9.10. The Morgan fingerprint density at radius 1 is 1.07 bits per heavy atom. The Morgan fingerprint density at radius 2 is 1.80 bits per heavy atom. The fraction of sp³-hybridized carbons (Fsp3) is 0.238. The van der Waals surface area contributed by atoms with Crippen LogP contribution in [-0.2, 0) is 21.4 Å². The van der Waals surface area contributed by atoms with Gasteiger partial charge in [-0.2, -0.15) is 4.31 Å². The minimum Gasteiger partial charge on any atom is -0.506 e. The summed E-state index contributed by atoms with van der Waals surface area (Å²) in [6.45, 7) is 0.817. The van der Waals surface area contributed by atoms with Crippen molar-refractivity contribution in [3.05, 3.63) is 65.0 Å². The van der Waals surface area contributed by atoms with Crippen molar-refractivity contribution in [1.29, 1.82) is 0 Å². The van der Waals surface area contributed by atoms with Crippen LogP contribution in [-0.4, -0.2) is 41.4 Å². The molecule has 2 aromatic carbocycles. The van der Waals surface area contributed by atoms with Crippen molar-refractivity contribution < 1.29 is 18.3 Å². The van der Waals surface area contributed by atoms with E-state index >= 15 is 0 Å². The van der Waals surface area contributed by atoms with Crippen molar-refractivity contribution in [3.63, 3.8) is 0 Å². The quantitative estimate of drug-likeness (QED) is 0.607. The summed E-state index contributed by atoms with van der Waals surface area (Å²) in [4.78, 5) is 24.6. The topological polar surface area (TPSA) is 109 Å².